The van der Waals surface area contributed by atoms with Crippen LogP contribution < -0.4 is 5.32 Å². The molecule has 0 bridgehead atoms. The van der Waals surface area contributed by atoms with Gasteiger partial charge in [-0.25, -0.2) is 4.98 Å². The summed E-state index contributed by atoms with van der Waals surface area (Å²) in [5, 5.41) is 12.5. The standard InChI is InChI=1S/C13H20F3N3O3/c1-9(4-7-22-3)18-10(20)8-12(21,13(14,15)16)11-17-5-6-19(11)2/h5-6,9,21H,4,7-8H2,1-3H3,(H,18,20). The molecular formula is C13H20F3N3O3. The van der Waals surface area contributed by atoms with E-state index in [4.69, 9.17) is 4.74 Å². The van der Waals surface area contributed by atoms with Crippen molar-refractivity contribution in [3.05, 3.63) is 18.2 Å². The molecule has 1 amide bonds. The Morgan fingerprint density at radius 3 is 2.64 bits per heavy atom. The number of halogens is 3. The summed E-state index contributed by atoms with van der Waals surface area (Å²) in [5.41, 5.74) is -3.34. The van der Waals surface area contributed by atoms with E-state index >= 15 is 0 Å². The number of aromatic nitrogens is 2. The number of hydrogen-bond acceptors (Lipinski definition) is 4. The minimum absolute atomic E-state index is 0.365. The molecule has 2 unspecified atom stereocenters. The quantitative estimate of drug-likeness (QED) is 0.788. The Morgan fingerprint density at radius 2 is 2.18 bits per heavy atom. The van der Waals surface area contributed by atoms with Crippen molar-refractivity contribution >= 4 is 5.91 Å². The lowest BCUT2D eigenvalue weighted by atomic mass is 9.97. The molecule has 6 nitrogen and oxygen atoms in total. The number of aliphatic hydroxyl groups is 1. The molecule has 0 radical (unpaired) electrons. The topological polar surface area (TPSA) is 76.4 Å². The number of amides is 1. The highest BCUT2D eigenvalue weighted by atomic mass is 19.4. The predicted molar refractivity (Wildman–Crippen MR) is 71.9 cm³/mol. The molecule has 22 heavy (non-hydrogen) atoms. The number of nitrogens with zero attached hydrogens (tertiary/aromatic N) is 2. The largest absolute Gasteiger partial charge is 0.425 e. The number of ether oxygens (including phenoxy) is 1. The maximum absolute atomic E-state index is 13.2. The number of nitrogens with one attached hydrogen (secondary N) is 1. The van der Waals surface area contributed by atoms with Gasteiger partial charge in [0.15, 0.2) is 5.82 Å². The number of carbonyl (C=O) groups excluding carboxylic acids is 1. The normalized spacial score (nSPS) is 16.1. The van der Waals surface area contributed by atoms with Gasteiger partial charge in [-0.1, -0.05) is 0 Å². The van der Waals surface area contributed by atoms with E-state index in [2.05, 4.69) is 10.3 Å². The number of rotatable bonds is 7. The average molecular weight is 323 g/mol. The van der Waals surface area contributed by atoms with Crippen LogP contribution in [0.25, 0.3) is 0 Å². The summed E-state index contributed by atoms with van der Waals surface area (Å²) in [4.78, 5) is 15.4. The fourth-order valence-electron chi connectivity index (χ4n) is 2.00. The van der Waals surface area contributed by atoms with E-state index in [9.17, 15) is 23.1 Å². The van der Waals surface area contributed by atoms with Crippen molar-refractivity contribution in [3.63, 3.8) is 0 Å². The molecule has 0 fully saturated rings. The molecule has 0 saturated heterocycles. The summed E-state index contributed by atoms with van der Waals surface area (Å²) >= 11 is 0. The SMILES string of the molecule is COCCC(C)NC(=O)CC(O)(c1nccn1C)C(F)(F)F. The third kappa shape index (κ3) is 4.20. The monoisotopic (exact) mass is 323 g/mol. The average Bonchev–Trinajstić information content (AvgIpc) is 2.81. The molecule has 1 rings (SSSR count). The Balaban J connectivity index is 2.88. The molecule has 0 saturated carbocycles. The molecule has 0 aromatic carbocycles. The van der Waals surface area contributed by atoms with E-state index < -0.39 is 29.9 Å². The lowest BCUT2D eigenvalue weighted by molar-refractivity contribution is -0.271. The van der Waals surface area contributed by atoms with Crippen molar-refractivity contribution in [1.82, 2.24) is 14.9 Å². The molecule has 9 heteroatoms. The van der Waals surface area contributed by atoms with Crippen molar-refractivity contribution in [3.8, 4) is 0 Å². The van der Waals surface area contributed by atoms with Crippen LogP contribution in [0.4, 0.5) is 13.2 Å². The first-order valence-electron chi connectivity index (χ1n) is 6.67. The fourth-order valence-corrected chi connectivity index (χ4v) is 2.00. The van der Waals surface area contributed by atoms with E-state index in [0.717, 1.165) is 10.8 Å². The molecule has 1 heterocycles. The molecule has 0 aliphatic rings. The van der Waals surface area contributed by atoms with Crippen molar-refractivity contribution in [2.75, 3.05) is 13.7 Å². The first-order valence-corrected chi connectivity index (χ1v) is 6.67. The van der Waals surface area contributed by atoms with Crippen LogP contribution in [0, 0.1) is 0 Å². The minimum Gasteiger partial charge on any atom is -0.385 e. The number of aryl methyl sites for hydroxylation is 1. The number of alkyl halides is 3. The van der Waals surface area contributed by atoms with Gasteiger partial charge in [0.25, 0.3) is 0 Å². The highest BCUT2D eigenvalue weighted by Gasteiger charge is 2.58. The molecule has 2 N–H and O–H groups in total. The summed E-state index contributed by atoms with van der Waals surface area (Å²) < 4.78 is 45.6. The van der Waals surface area contributed by atoms with Gasteiger partial charge < -0.3 is 19.7 Å². The maximum atomic E-state index is 13.2. The molecular weight excluding hydrogens is 303 g/mol. The third-order valence-corrected chi connectivity index (χ3v) is 3.24. The van der Waals surface area contributed by atoms with Gasteiger partial charge in [0.05, 0.1) is 6.42 Å². The predicted octanol–water partition coefficient (Wildman–Crippen LogP) is 1.10. The van der Waals surface area contributed by atoms with Gasteiger partial charge in [-0.2, -0.15) is 13.2 Å². The van der Waals surface area contributed by atoms with Crippen LogP contribution in [0.5, 0.6) is 0 Å². The summed E-state index contributed by atoms with van der Waals surface area (Å²) in [6.07, 6.45) is -3.33. The zero-order valence-electron chi connectivity index (χ0n) is 12.6. The highest BCUT2D eigenvalue weighted by Crippen LogP contribution is 2.40. The zero-order chi connectivity index (χ0) is 17.0. The van der Waals surface area contributed by atoms with Crippen LogP contribution in [-0.2, 0) is 22.2 Å². The molecule has 1 aromatic rings. The molecule has 126 valence electrons. The smallest absolute Gasteiger partial charge is 0.385 e. The van der Waals surface area contributed by atoms with Crippen LogP contribution >= 0.6 is 0 Å². The molecule has 2 atom stereocenters. The summed E-state index contributed by atoms with van der Waals surface area (Å²) in [6, 6.07) is -0.369. The summed E-state index contributed by atoms with van der Waals surface area (Å²) in [5.74, 6) is -1.54. The van der Waals surface area contributed by atoms with Gasteiger partial charge in [-0.3, -0.25) is 4.79 Å². The molecule has 0 spiro atoms. The van der Waals surface area contributed by atoms with Crippen LogP contribution in [0.2, 0.25) is 0 Å². The lowest BCUT2D eigenvalue weighted by Crippen LogP contribution is -2.48. The van der Waals surface area contributed by atoms with E-state index in [0.29, 0.717) is 13.0 Å². The second-order valence-electron chi connectivity index (χ2n) is 5.15. The Labute approximate surface area is 126 Å². The third-order valence-electron chi connectivity index (χ3n) is 3.24. The van der Waals surface area contributed by atoms with Crippen molar-refractivity contribution < 1.29 is 27.8 Å². The van der Waals surface area contributed by atoms with Gasteiger partial charge in [0.2, 0.25) is 11.5 Å². The number of carbonyl (C=O) groups is 1. The minimum atomic E-state index is -5.03. The summed E-state index contributed by atoms with van der Waals surface area (Å²) in [6.45, 7) is 2.01. The first kappa shape index (κ1) is 18.4. The maximum Gasteiger partial charge on any atom is 0.425 e. The Kier molecular flexibility index (Phi) is 5.95. The first-order chi connectivity index (χ1) is 10.1. The summed E-state index contributed by atoms with van der Waals surface area (Å²) in [7, 11) is 2.80. The van der Waals surface area contributed by atoms with E-state index in [1.807, 2.05) is 0 Å². The van der Waals surface area contributed by atoms with Crippen LogP contribution in [0.1, 0.15) is 25.6 Å². The molecule has 0 aliphatic heterocycles. The number of methoxy groups -OCH3 is 1. The number of imidazole rings is 1. The van der Waals surface area contributed by atoms with Crippen LogP contribution in [0.15, 0.2) is 12.4 Å². The second kappa shape index (κ2) is 7.10. The van der Waals surface area contributed by atoms with Crippen molar-refractivity contribution in [2.24, 2.45) is 7.05 Å². The van der Waals surface area contributed by atoms with Crippen LogP contribution in [0.3, 0.4) is 0 Å². The Bertz CT molecular complexity index is 504. The highest BCUT2D eigenvalue weighted by molar-refractivity contribution is 5.77. The Hall–Kier alpha value is -1.61. The fraction of sp³-hybridized carbons (Fsp3) is 0.692. The Morgan fingerprint density at radius 1 is 1.55 bits per heavy atom. The van der Waals surface area contributed by atoms with E-state index in [1.54, 1.807) is 6.92 Å². The van der Waals surface area contributed by atoms with Gasteiger partial charge >= 0.3 is 6.18 Å². The zero-order valence-corrected chi connectivity index (χ0v) is 12.6. The molecule has 0 aliphatic carbocycles. The molecule has 1 aromatic heterocycles. The van der Waals surface area contributed by atoms with Gasteiger partial charge in [-0.05, 0) is 13.3 Å². The lowest BCUT2D eigenvalue weighted by Gasteiger charge is -2.29. The van der Waals surface area contributed by atoms with Crippen molar-refractivity contribution in [2.45, 2.75) is 37.6 Å². The number of hydrogen-bond donors (Lipinski definition) is 2. The second-order valence-corrected chi connectivity index (χ2v) is 5.15. The van der Waals surface area contributed by atoms with Crippen molar-refractivity contribution in [1.29, 1.82) is 0 Å². The van der Waals surface area contributed by atoms with Gasteiger partial charge in [0.1, 0.15) is 0 Å². The van der Waals surface area contributed by atoms with E-state index in [-0.39, 0.29) is 6.04 Å². The van der Waals surface area contributed by atoms with Crippen LogP contribution in [-0.4, -0.2) is 46.5 Å². The van der Waals surface area contributed by atoms with E-state index in [1.165, 1.54) is 20.4 Å². The van der Waals surface area contributed by atoms with Gasteiger partial charge in [-0.15, -0.1) is 0 Å². The van der Waals surface area contributed by atoms with Gasteiger partial charge in [0, 0.05) is 39.2 Å².